The van der Waals surface area contributed by atoms with Gasteiger partial charge in [0, 0.05) is 6.08 Å². The highest BCUT2D eigenvalue weighted by molar-refractivity contribution is 5.98. The minimum absolute atomic E-state index is 0.0215. The van der Waals surface area contributed by atoms with E-state index < -0.39 is 17.3 Å². The largest absolute Gasteiger partial charge is 0.280 e. The molecule has 6 heteroatoms. The topological polar surface area (TPSA) is 64.0 Å². The van der Waals surface area contributed by atoms with Crippen molar-refractivity contribution < 1.29 is 9.18 Å². The van der Waals surface area contributed by atoms with Gasteiger partial charge in [-0.2, -0.15) is 4.68 Å². The lowest BCUT2D eigenvalue weighted by molar-refractivity contribution is -0.112. The smallest absolute Gasteiger partial charge is 0.268 e. The Balaban J connectivity index is 1.80. The van der Waals surface area contributed by atoms with E-state index in [1.165, 1.54) is 18.2 Å². The Morgan fingerprint density at radius 2 is 1.62 bits per heavy atom. The predicted octanol–water partition coefficient (Wildman–Crippen LogP) is 3.99. The molecular formula is C23H16FN3O2. The minimum atomic E-state index is -0.544. The lowest BCUT2D eigenvalue weighted by Crippen LogP contribution is -2.34. The highest BCUT2D eigenvalue weighted by Gasteiger charge is 2.16. The number of aromatic nitrogens is 2. The molecule has 3 aromatic carbocycles. The number of carbonyl (C=O) groups is 1. The van der Waals surface area contributed by atoms with Crippen LogP contribution in [0.4, 0.5) is 4.39 Å². The molecule has 4 aromatic rings. The molecule has 0 unspecified atom stereocenters. The van der Waals surface area contributed by atoms with E-state index in [1.807, 2.05) is 30.3 Å². The Morgan fingerprint density at radius 3 is 2.41 bits per heavy atom. The van der Waals surface area contributed by atoms with Gasteiger partial charge in [-0.1, -0.05) is 54.6 Å². The summed E-state index contributed by atoms with van der Waals surface area (Å²) in [6.45, 7) is 0. The van der Waals surface area contributed by atoms with Crippen LogP contribution >= 0.6 is 0 Å². The summed E-state index contributed by atoms with van der Waals surface area (Å²) in [7, 11) is 0. The zero-order valence-electron chi connectivity index (χ0n) is 15.2. The standard InChI is InChI=1S/C23H16FN3O2/c24-19-12-6-4-10-17(19)22-25-20-13-7-5-11-18(20)23(29)27(22)26-21(28)15-14-16-8-2-1-3-9-16/h1-15H,(H,26,28)/b15-14-. The summed E-state index contributed by atoms with van der Waals surface area (Å²) in [5.41, 5.74) is 3.39. The van der Waals surface area contributed by atoms with Crippen molar-refractivity contribution in [3.05, 3.63) is 107 Å². The molecule has 29 heavy (non-hydrogen) atoms. The van der Waals surface area contributed by atoms with E-state index in [0.29, 0.717) is 10.9 Å². The Hall–Kier alpha value is -4.06. The SMILES string of the molecule is O=C(/C=C\c1ccccc1)Nn1c(-c2ccccc2F)nc2ccccc2c1=O. The van der Waals surface area contributed by atoms with Gasteiger partial charge >= 0.3 is 0 Å². The maximum Gasteiger partial charge on any atom is 0.280 e. The molecule has 1 N–H and O–H groups in total. The number of nitrogens with one attached hydrogen (secondary N) is 1. The van der Waals surface area contributed by atoms with E-state index in [1.54, 1.807) is 42.5 Å². The van der Waals surface area contributed by atoms with Gasteiger partial charge in [0.1, 0.15) is 5.82 Å². The van der Waals surface area contributed by atoms with Crippen LogP contribution in [0, 0.1) is 5.82 Å². The van der Waals surface area contributed by atoms with Crippen LogP contribution in [-0.2, 0) is 4.79 Å². The summed E-state index contributed by atoms with van der Waals surface area (Å²) in [6.07, 6.45) is 2.93. The summed E-state index contributed by atoms with van der Waals surface area (Å²) in [5.74, 6) is -1.06. The molecule has 0 saturated heterocycles. The van der Waals surface area contributed by atoms with Gasteiger partial charge in [0.05, 0.1) is 16.5 Å². The molecule has 0 saturated carbocycles. The van der Waals surface area contributed by atoms with E-state index in [0.717, 1.165) is 10.2 Å². The van der Waals surface area contributed by atoms with Crippen LogP contribution in [0.5, 0.6) is 0 Å². The van der Waals surface area contributed by atoms with E-state index >= 15 is 0 Å². The quantitative estimate of drug-likeness (QED) is 0.541. The monoisotopic (exact) mass is 385 g/mol. The first kappa shape index (κ1) is 18.3. The van der Waals surface area contributed by atoms with Gasteiger partial charge in [0.2, 0.25) is 0 Å². The van der Waals surface area contributed by atoms with Crippen LogP contribution in [0.1, 0.15) is 5.56 Å². The van der Waals surface area contributed by atoms with Crippen LogP contribution in [0.25, 0.3) is 28.4 Å². The zero-order chi connectivity index (χ0) is 20.2. The van der Waals surface area contributed by atoms with Gasteiger partial charge in [-0.15, -0.1) is 0 Å². The van der Waals surface area contributed by atoms with Crippen molar-refractivity contribution in [1.82, 2.24) is 9.66 Å². The number of fused-ring (bicyclic) bond motifs is 1. The Kier molecular flexibility index (Phi) is 4.99. The molecule has 0 atom stereocenters. The van der Waals surface area contributed by atoms with Gasteiger partial charge in [0.25, 0.3) is 11.5 Å². The van der Waals surface area contributed by atoms with E-state index in [-0.39, 0.29) is 11.4 Å². The highest BCUT2D eigenvalue weighted by atomic mass is 19.1. The maximum absolute atomic E-state index is 14.4. The summed E-state index contributed by atoms with van der Waals surface area (Å²) in [5, 5.41) is 0.319. The summed E-state index contributed by atoms with van der Waals surface area (Å²) in [4.78, 5) is 29.9. The number of carbonyl (C=O) groups excluding carboxylic acids is 1. The second kappa shape index (κ2) is 7.90. The lowest BCUT2D eigenvalue weighted by atomic mass is 10.1. The summed E-state index contributed by atoms with van der Waals surface area (Å²) < 4.78 is 15.4. The van der Waals surface area contributed by atoms with E-state index in [2.05, 4.69) is 10.4 Å². The Morgan fingerprint density at radius 1 is 0.931 bits per heavy atom. The molecular weight excluding hydrogens is 369 g/mol. The van der Waals surface area contributed by atoms with Crippen molar-refractivity contribution in [1.29, 1.82) is 0 Å². The van der Waals surface area contributed by atoms with E-state index in [9.17, 15) is 14.0 Å². The molecule has 1 heterocycles. The molecule has 4 rings (SSSR count). The lowest BCUT2D eigenvalue weighted by Gasteiger charge is -2.14. The number of nitrogens with zero attached hydrogens (tertiary/aromatic N) is 2. The molecule has 142 valence electrons. The fourth-order valence-electron chi connectivity index (χ4n) is 2.94. The van der Waals surface area contributed by atoms with E-state index in [4.69, 9.17) is 0 Å². The second-order valence-corrected chi connectivity index (χ2v) is 6.29. The van der Waals surface area contributed by atoms with Gasteiger partial charge in [-0.05, 0) is 35.9 Å². The molecule has 0 aliphatic rings. The molecule has 0 aliphatic carbocycles. The number of halogens is 1. The van der Waals surface area contributed by atoms with Crippen molar-refractivity contribution in [3.63, 3.8) is 0 Å². The number of amides is 1. The van der Waals surface area contributed by atoms with Crippen molar-refractivity contribution in [3.8, 4) is 11.4 Å². The van der Waals surface area contributed by atoms with Crippen molar-refractivity contribution >= 4 is 22.9 Å². The van der Waals surface area contributed by atoms with Crippen LogP contribution < -0.4 is 11.0 Å². The fraction of sp³-hybridized carbons (Fsp3) is 0. The van der Waals surface area contributed by atoms with Crippen molar-refractivity contribution in [2.24, 2.45) is 0 Å². The average molecular weight is 385 g/mol. The normalized spacial score (nSPS) is 11.1. The Bertz CT molecular complexity index is 1280. The highest BCUT2D eigenvalue weighted by Crippen LogP contribution is 2.21. The molecule has 1 amide bonds. The Labute approximate surface area is 165 Å². The number of hydrogen-bond donors (Lipinski definition) is 1. The van der Waals surface area contributed by atoms with Gasteiger partial charge in [-0.3, -0.25) is 15.0 Å². The van der Waals surface area contributed by atoms with Gasteiger partial charge in [0.15, 0.2) is 5.82 Å². The summed E-state index contributed by atoms with van der Waals surface area (Å²) in [6, 6.07) is 22.0. The number of para-hydroxylation sites is 1. The first-order valence-electron chi connectivity index (χ1n) is 8.94. The number of benzene rings is 3. The third-order valence-electron chi connectivity index (χ3n) is 4.34. The molecule has 0 fully saturated rings. The second-order valence-electron chi connectivity index (χ2n) is 6.29. The predicted molar refractivity (Wildman–Crippen MR) is 111 cm³/mol. The van der Waals surface area contributed by atoms with Gasteiger partial charge < -0.3 is 0 Å². The molecule has 0 aliphatic heterocycles. The molecule has 0 bridgehead atoms. The van der Waals surface area contributed by atoms with Crippen LogP contribution in [0.3, 0.4) is 0 Å². The zero-order valence-corrected chi connectivity index (χ0v) is 15.2. The van der Waals surface area contributed by atoms with Crippen molar-refractivity contribution in [2.45, 2.75) is 0 Å². The summed E-state index contributed by atoms with van der Waals surface area (Å²) >= 11 is 0. The minimum Gasteiger partial charge on any atom is -0.268 e. The first-order chi connectivity index (χ1) is 14.1. The first-order valence-corrected chi connectivity index (χ1v) is 8.94. The van der Waals surface area contributed by atoms with Crippen LogP contribution in [0.2, 0.25) is 0 Å². The maximum atomic E-state index is 14.4. The molecule has 5 nitrogen and oxygen atoms in total. The van der Waals surface area contributed by atoms with Crippen molar-refractivity contribution in [2.75, 3.05) is 5.43 Å². The average Bonchev–Trinajstić information content (AvgIpc) is 2.75. The fourth-order valence-corrected chi connectivity index (χ4v) is 2.94. The molecule has 0 spiro atoms. The molecule has 0 radical (unpaired) electrons. The van der Waals surface area contributed by atoms with Crippen LogP contribution in [-0.4, -0.2) is 15.6 Å². The molecule has 1 aromatic heterocycles. The third-order valence-corrected chi connectivity index (χ3v) is 4.34. The van der Waals surface area contributed by atoms with Gasteiger partial charge in [-0.25, -0.2) is 9.37 Å². The van der Waals surface area contributed by atoms with Crippen LogP contribution in [0.15, 0.2) is 89.7 Å². The third kappa shape index (κ3) is 3.82. The number of rotatable bonds is 4. The number of hydrogen-bond acceptors (Lipinski definition) is 3.